The minimum atomic E-state index is -1.23. The van der Waals surface area contributed by atoms with E-state index in [-0.39, 0.29) is 49.1 Å². The Bertz CT molecular complexity index is 2360. The number of hydrogen-bond acceptors (Lipinski definition) is 14. The van der Waals surface area contributed by atoms with Crippen LogP contribution in [0.3, 0.4) is 0 Å². The van der Waals surface area contributed by atoms with Crippen LogP contribution in [0.25, 0.3) is 10.9 Å². The largest absolute Gasteiger partial charge is 0.508 e. The van der Waals surface area contributed by atoms with Gasteiger partial charge in [-0.3, -0.25) is 24.7 Å². The third kappa shape index (κ3) is 4.81. The fourth-order valence-corrected chi connectivity index (χ4v) is 12.4. The van der Waals surface area contributed by atoms with E-state index >= 15 is 0 Å². The fourth-order valence-electron chi connectivity index (χ4n) is 10.6. The number of Topliss-reactive ketones (excluding diaryl/α,β-unsaturated/α-hetero) is 1. The van der Waals surface area contributed by atoms with E-state index in [9.17, 15) is 24.9 Å². The Morgan fingerprint density at radius 1 is 1.09 bits per heavy atom. The second kappa shape index (κ2) is 12.7. The second-order valence-electron chi connectivity index (χ2n) is 15.8. The van der Waals surface area contributed by atoms with Gasteiger partial charge in [-0.2, -0.15) is 0 Å². The summed E-state index contributed by atoms with van der Waals surface area (Å²) >= 11 is 1.53. The molecule has 11 rings (SSSR count). The molecule has 0 aliphatic carbocycles. The fraction of sp³-hybridized carbons (Fsp3) is 0.463. The van der Waals surface area contributed by atoms with Crippen LogP contribution in [-0.4, -0.2) is 107 Å². The maximum absolute atomic E-state index is 14.8. The molecule has 7 aliphatic rings. The third-order valence-corrected chi connectivity index (χ3v) is 14.4. The molecule has 2 fully saturated rings. The molecule has 14 nitrogen and oxygen atoms in total. The second-order valence-corrected chi connectivity index (χ2v) is 16.9. The number of aliphatic hydroxyl groups excluding tert-OH is 1. The molecule has 3 aromatic carbocycles. The Balaban J connectivity index is 1.24. The SMILES string of the molecule is COc1c(C)cc2c(c1O)[C@@H]1C3[C@@H]4SC[C@]5(NCCc6c5[nH]c5ccc(O)cc65)C(=O)COC[C@H](c5c6c(c(C)c(OC(C)=O)c54)OCO6)N3[C@@H](O)[C@H](C2)N1C. The maximum Gasteiger partial charge on any atom is 0.308 e. The Labute approximate surface area is 327 Å². The molecule has 2 saturated heterocycles. The number of likely N-dealkylation sites (N-methyl/N-ethyl adjacent to an activating group) is 1. The summed E-state index contributed by atoms with van der Waals surface area (Å²) in [5, 5.41) is 39.1. The van der Waals surface area contributed by atoms with Crippen LogP contribution in [0.1, 0.15) is 68.9 Å². The first-order valence-corrected chi connectivity index (χ1v) is 20.0. The molecule has 7 aliphatic heterocycles. The summed E-state index contributed by atoms with van der Waals surface area (Å²) in [4.78, 5) is 35.6. The average molecular weight is 785 g/mol. The van der Waals surface area contributed by atoms with Gasteiger partial charge in [0.1, 0.15) is 29.9 Å². The number of methoxy groups -OCH3 is 1. The molecule has 1 unspecified atom stereocenters. The van der Waals surface area contributed by atoms with E-state index in [4.69, 9.17) is 23.7 Å². The molecule has 7 atom stereocenters. The van der Waals surface area contributed by atoms with E-state index in [1.54, 1.807) is 19.2 Å². The number of aliphatic hydroxyl groups is 1. The van der Waals surface area contributed by atoms with Crippen LogP contribution in [0.2, 0.25) is 0 Å². The number of aryl methyl sites for hydroxylation is 1. The van der Waals surface area contributed by atoms with Gasteiger partial charge < -0.3 is 44.0 Å². The number of benzene rings is 3. The lowest BCUT2D eigenvalue weighted by Crippen LogP contribution is -2.69. The van der Waals surface area contributed by atoms with Crippen molar-refractivity contribution in [3.05, 3.63) is 68.9 Å². The van der Waals surface area contributed by atoms with Crippen LogP contribution in [0.15, 0.2) is 24.3 Å². The molecule has 8 heterocycles. The van der Waals surface area contributed by atoms with Gasteiger partial charge in [-0.1, -0.05) is 6.07 Å². The first-order chi connectivity index (χ1) is 26.9. The number of aromatic amines is 1. The monoisotopic (exact) mass is 784 g/mol. The summed E-state index contributed by atoms with van der Waals surface area (Å²) in [7, 11) is 3.52. The number of aromatic nitrogens is 1. The van der Waals surface area contributed by atoms with Gasteiger partial charge in [-0.25, -0.2) is 0 Å². The molecule has 4 aromatic rings. The topological polar surface area (TPSA) is 175 Å². The summed E-state index contributed by atoms with van der Waals surface area (Å²) in [6.07, 6.45) is 0.102. The summed E-state index contributed by atoms with van der Waals surface area (Å²) in [5.41, 5.74) is 5.67. The van der Waals surface area contributed by atoms with Crippen molar-refractivity contribution in [1.29, 1.82) is 0 Å². The number of carbonyl (C=O) groups excluding carboxylic acids is 2. The van der Waals surface area contributed by atoms with E-state index in [0.717, 1.165) is 33.3 Å². The summed E-state index contributed by atoms with van der Waals surface area (Å²) in [5.74, 6) is 1.43. The number of H-pyrrole nitrogens is 1. The zero-order chi connectivity index (χ0) is 38.9. The first kappa shape index (κ1) is 35.9. The van der Waals surface area contributed by atoms with Crippen molar-refractivity contribution >= 4 is 34.4 Å². The maximum atomic E-state index is 14.8. The molecule has 1 spiro atoms. The van der Waals surface area contributed by atoms with Crippen molar-refractivity contribution in [2.45, 2.75) is 74.8 Å². The molecule has 1 aromatic heterocycles. The van der Waals surface area contributed by atoms with Crippen molar-refractivity contribution in [3.63, 3.8) is 0 Å². The number of rotatable bonds is 2. The highest BCUT2D eigenvalue weighted by molar-refractivity contribution is 7.99. The zero-order valence-electron chi connectivity index (χ0n) is 31.7. The van der Waals surface area contributed by atoms with Crippen LogP contribution < -0.4 is 24.3 Å². The molecule has 0 amide bonds. The number of thioether (sulfide) groups is 1. The number of nitrogens with zero attached hydrogens (tertiary/aromatic N) is 2. The molecule has 0 saturated carbocycles. The van der Waals surface area contributed by atoms with Crippen molar-refractivity contribution < 1.29 is 48.6 Å². The minimum absolute atomic E-state index is 0.00914. The number of phenolic OH excluding ortho intramolecular Hbond substituents is 2. The predicted molar refractivity (Wildman–Crippen MR) is 205 cm³/mol. The Kier molecular flexibility index (Phi) is 8.17. The number of hydrogen-bond donors (Lipinski definition) is 5. The molecular weight excluding hydrogens is 741 g/mol. The summed E-state index contributed by atoms with van der Waals surface area (Å²) in [6.45, 7) is 5.34. The van der Waals surface area contributed by atoms with Gasteiger partial charge >= 0.3 is 5.97 Å². The number of piperazine rings is 1. The smallest absolute Gasteiger partial charge is 0.308 e. The summed E-state index contributed by atoms with van der Waals surface area (Å²) < 4.78 is 30.7. The van der Waals surface area contributed by atoms with E-state index < -0.39 is 41.1 Å². The normalized spacial score (nSPS) is 29.4. The van der Waals surface area contributed by atoms with Crippen molar-refractivity contribution in [1.82, 2.24) is 20.1 Å². The number of ether oxygens (including phenoxy) is 5. The average Bonchev–Trinajstić information content (AvgIpc) is 3.80. The molecular formula is C41H44N4O10S. The molecule has 15 heteroatoms. The highest BCUT2D eigenvalue weighted by Gasteiger charge is 2.61. The van der Waals surface area contributed by atoms with Gasteiger partial charge in [-0.15, -0.1) is 11.8 Å². The molecule has 4 bridgehead atoms. The number of carbonyl (C=O) groups is 2. The van der Waals surface area contributed by atoms with Crippen LogP contribution in [0.5, 0.6) is 34.5 Å². The van der Waals surface area contributed by atoms with Crippen LogP contribution in [0, 0.1) is 13.8 Å². The van der Waals surface area contributed by atoms with Crippen molar-refractivity contribution in [3.8, 4) is 34.5 Å². The van der Waals surface area contributed by atoms with Crippen molar-refractivity contribution in [2.75, 3.05) is 46.5 Å². The highest BCUT2D eigenvalue weighted by atomic mass is 32.2. The lowest BCUT2D eigenvalue weighted by molar-refractivity contribution is -0.181. The highest BCUT2D eigenvalue weighted by Crippen LogP contribution is 2.64. The Morgan fingerprint density at radius 2 is 1.89 bits per heavy atom. The number of ketones is 1. The first-order valence-electron chi connectivity index (χ1n) is 19.0. The minimum Gasteiger partial charge on any atom is -0.508 e. The Morgan fingerprint density at radius 3 is 2.68 bits per heavy atom. The van der Waals surface area contributed by atoms with E-state index in [2.05, 4.69) is 20.1 Å². The van der Waals surface area contributed by atoms with Crippen LogP contribution >= 0.6 is 11.8 Å². The van der Waals surface area contributed by atoms with Crippen LogP contribution in [0.4, 0.5) is 0 Å². The molecule has 56 heavy (non-hydrogen) atoms. The van der Waals surface area contributed by atoms with Crippen LogP contribution in [-0.2, 0) is 32.7 Å². The number of esters is 1. The van der Waals surface area contributed by atoms with Gasteiger partial charge in [0.2, 0.25) is 6.79 Å². The zero-order valence-corrected chi connectivity index (χ0v) is 32.5. The number of fused-ring (bicyclic) bond motifs is 12. The molecule has 0 radical (unpaired) electrons. The standard InChI is InChI=1S/C41H44N4O10S/c1-17-10-20-11-25-40(50)45-26-13-52-14-27(48)41(39-22(8-9-42-41)23-12-21(47)6-7-24(23)43-39)15-56-38(32(45)31(44(25)4)28(20)33(49)34(17)51-5)30-29(26)37-36(53-16-54-37)18(2)35(30)55-19(3)46/h6-7,10,12,25-26,31-32,38,40,42-43,47,49-50H,8-9,11,13-16H2,1-5H3/t25-,26+,31+,32?,38+,40-,41-/m0/s1. The van der Waals surface area contributed by atoms with Gasteiger partial charge in [0.05, 0.1) is 37.1 Å². The predicted octanol–water partition coefficient (Wildman–Crippen LogP) is 3.93. The number of aromatic hydroxyl groups is 2. The lowest BCUT2D eigenvalue weighted by Gasteiger charge is -2.61. The Hall–Kier alpha value is -4.51. The van der Waals surface area contributed by atoms with Gasteiger partial charge in [0.25, 0.3) is 0 Å². The van der Waals surface area contributed by atoms with Gasteiger partial charge in [0.15, 0.2) is 28.8 Å². The molecule has 294 valence electrons. The van der Waals surface area contributed by atoms with E-state index in [0.29, 0.717) is 64.6 Å². The van der Waals surface area contributed by atoms with E-state index in [1.807, 2.05) is 33.0 Å². The molecule has 5 N–H and O–H groups in total. The van der Waals surface area contributed by atoms with Crippen molar-refractivity contribution in [2.24, 2.45) is 0 Å². The number of nitrogens with one attached hydrogen (secondary N) is 2. The lowest BCUT2D eigenvalue weighted by atomic mass is 9.73. The van der Waals surface area contributed by atoms with Gasteiger partial charge in [-0.05, 0) is 68.6 Å². The number of phenols is 2. The van der Waals surface area contributed by atoms with Gasteiger partial charge in [0, 0.05) is 64.1 Å². The quantitative estimate of drug-likeness (QED) is 0.146. The summed E-state index contributed by atoms with van der Waals surface area (Å²) in [6, 6.07) is 5.14. The third-order valence-electron chi connectivity index (χ3n) is 13.0. The van der Waals surface area contributed by atoms with E-state index in [1.165, 1.54) is 18.7 Å².